The summed E-state index contributed by atoms with van der Waals surface area (Å²) in [7, 11) is 0. The van der Waals surface area contributed by atoms with Crippen LogP contribution in [0.15, 0.2) is 36.5 Å². The molecule has 1 heterocycles. The molecule has 2 aromatic rings. The molecular weight excluding hydrogens is 243 g/mol. The molecule has 1 aromatic carbocycles. The van der Waals surface area contributed by atoms with Crippen molar-refractivity contribution in [2.24, 2.45) is 0 Å². The Morgan fingerprint density at radius 2 is 1.72 bits per heavy atom. The van der Waals surface area contributed by atoms with Crippen LogP contribution in [0.4, 0.5) is 13.2 Å². The minimum absolute atomic E-state index is 0.152. The third-order valence-electron chi connectivity index (χ3n) is 2.58. The Morgan fingerprint density at radius 1 is 1.06 bits per heavy atom. The number of aromatic nitrogens is 1. The van der Waals surface area contributed by atoms with Crippen LogP contribution in [0.1, 0.15) is 11.3 Å². The van der Waals surface area contributed by atoms with Crippen molar-refractivity contribution in [3.05, 3.63) is 47.8 Å². The molecule has 0 aliphatic heterocycles. The average Bonchev–Trinajstić information content (AvgIpc) is 2.32. The quantitative estimate of drug-likeness (QED) is 0.838. The van der Waals surface area contributed by atoms with Crippen LogP contribution in [0.5, 0.6) is 5.75 Å². The highest BCUT2D eigenvalue weighted by atomic mass is 19.4. The van der Waals surface area contributed by atoms with Crippen LogP contribution in [-0.2, 0) is 6.18 Å². The second kappa shape index (κ2) is 4.33. The summed E-state index contributed by atoms with van der Waals surface area (Å²) < 4.78 is 37.0. The van der Waals surface area contributed by atoms with E-state index in [4.69, 9.17) is 0 Å². The Balaban J connectivity index is 2.37. The Kier molecular flexibility index (Phi) is 2.98. The van der Waals surface area contributed by atoms with Crippen molar-refractivity contribution in [2.45, 2.75) is 13.1 Å². The van der Waals surface area contributed by atoms with Gasteiger partial charge in [-0.15, -0.1) is 0 Å². The Morgan fingerprint density at radius 3 is 2.22 bits per heavy atom. The maximum atomic E-state index is 12.3. The number of benzene rings is 1. The molecule has 0 bridgehead atoms. The van der Waals surface area contributed by atoms with Crippen LogP contribution >= 0.6 is 0 Å². The Labute approximate surface area is 102 Å². The van der Waals surface area contributed by atoms with E-state index in [1.807, 2.05) is 0 Å². The van der Waals surface area contributed by atoms with Gasteiger partial charge < -0.3 is 5.11 Å². The van der Waals surface area contributed by atoms with Crippen LogP contribution in [-0.4, -0.2) is 10.1 Å². The average molecular weight is 253 g/mol. The lowest BCUT2D eigenvalue weighted by Crippen LogP contribution is -2.07. The molecule has 0 atom stereocenters. The molecule has 2 nitrogen and oxygen atoms in total. The van der Waals surface area contributed by atoms with E-state index in [2.05, 4.69) is 4.98 Å². The summed E-state index contributed by atoms with van der Waals surface area (Å²) >= 11 is 0. The summed E-state index contributed by atoms with van der Waals surface area (Å²) in [6, 6.07) is 7.13. The lowest BCUT2D eigenvalue weighted by atomic mass is 10.0. The summed E-state index contributed by atoms with van der Waals surface area (Å²) in [5.74, 6) is 0.152. The summed E-state index contributed by atoms with van der Waals surface area (Å²) in [5, 5.41) is 9.38. The van der Waals surface area contributed by atoms with E-state index in [-0.39, 0.29) is 5.75 Å². The van der Waals surface area contributed by atoms with Gasteiger partial charge in [-0.3, -0.25) is 4.98 Å². The molecule has 0 aliphatic carbocycles. The SMILES string of the molecule is Cc1cc(-c2ccc(C(F)(F)F)nc2)ccc1O. The highest BCUT2D eigenvalue weighted by molar-refractivity contribution is 5.64. The van der Waals surface area contributed by atoms with Crippen molar-refractivity contribution in [1.82, 2.24) is 4.98 Å². The zero-order chi connectivity index (χ0) is 13.3. The third kappa shape index (κ3) is 2.45. The largest absolute Gasteiger partial charge is 0.508 e. The van der Waals surface area contributed by atoms with E-state index in [0.29, 0.717) is 16.7 Å². The van der Waals surface area contributed by atoms with Crippen LogP contribution in [0, 0.1) is 6.92 Å². The predicted octanol–water partition coefficient (Wildman–Crippen LogP) is 3.78. The summed E-state index contributed by atoms with van der Waals surface area (Å²) in [5.41, 5.74) is 1.03. The smallest absolute Gasteiger partial charge is 0.433 e. The lowest BCUT2D eigenvalue weighted by molar-refractivity contribution is -0.141. The molecule has 18 heavy (non-hydrogen) atoms. The van der Waals surface area contributed by atoms with Crippen molar-refractivity contribution in [3.63, 3.8) is 0 Å². The molecule has 0 unspecified atom stereocenters. The molecule has 2 rings (SSSR count). The number of hydrogen-bond acceptors (Lipinski definition) is 2. The first-order valence-corrected chi connectivity index (χ1v) is 5.21. The van der Waals surface area contributed by atoms with Crippen molar-refractivity contribution in [1.29, 1.82) is 0 Å². The molecule has 1 aromatic heterocycles. The van der Waals surface area contributed by atoms with E-state index >= 15 is 0 Å². The van der Waals surface area contributed by atoms with E-state index in [0.717, 1.165) is 6.07 Å². The van der Waals surface area contributed by atoms with E-state index in [1.165, 1.54) is 18.3 Å². The normalized spacial score (nSPS) is 11.6. The van der Waals surface area contributed by atoms with Crippen molar-refractivity contribution in [2.75, 3.05) is 0 Å². The Bertz CT molecular complexity index is 561. The minimum atomic E-state index is -4.43. The molecule has 0 amide bonds. The second-order valence-electron chi connectivity index (χ2n) is 3.93. The van der Waals surface area contributed by atoms with Gasteiger partial charge >= 0.3 is 6.18 Å². The van der Waals surface area contributed by atoms with Gasteiger partial charge in [0.05, 0.1) is 0 Å². The fraction of sp³-hybridized carbons (Fsp3) is 0.154. The van der Waals surface area contributed by atoms with Gasteiger partial charge in [-0.25, -0.2) is 0 Å². The summed E-state index contributed by atoms with van der Waals surface area (Å²) in [4.78, 5) is 3.39. The first-order valence-electron chi connectivity index (χ1n) is 5.21. The number of aromatic hydroxyl groups is 1. The number of alkyl halides is 3. The van der Waals surface area contributed by atoms with Gasteiger partial charge in [0.25, 0.3) is 0 Å². The molecule has 0 saturated heterocycles. The zero-order valence-corrected chi connectivity index (χ0v) is 9.49. The number of aryl methyl sites for hydroxylation is 1. The number of halogens is 3. The van der Waals surface area contributed by atoms with Gasteiger partial charge in [0.1, 0.15) is 11.4 Å². The highest BCUT2D eigenvalue weighted by Gasteiger charge is 2.32. The first-order chi connectivity index (χ1) is 8.38. The van der Waals surface area contributed by atoms with Crippen molar-refractivity contribution in [3.8, 4) is 16.9 Å². The van der Waals surface area contributed by atoms with E-state index < -0.39 is 11.9 Å². The zero-order valence-electron chi connectivity index (χ0n) is 9.49. The fourth-order valence-corrected chi connectivity index (χ4v) is 1.57. The summed E-state index contributed by atoms with van der Waals surface area (Å²) in [6.45, 7) is 1.72. The number of phenols is 1. The number of rotatable bonds is 1. The van der Waals surface area contributed by atoms with Gasteiger partial charge in [-0.2, -0.15) is 13.2 Å². The van der Waals surface area contributed by atoms with Crippen LogP contribution in [0.25, 0.3) is 11.1 Å². The van der Waals surface area contributed by atoms with Crippen LogP contribution < -0.4 is 0 Å². The summed E-state index contributed by atoms with van der Waals surface area (Å²) in [6.07, 6.45) is -3.25. The molecular formula is C13H10F3NO. The minimum Gasteiger partial charge on any atom is -0.508 e. The highest BCUT2D eigenvalue weighted by Crippen LogP contribution is 2.30. The topological polar surface area (TPSA) is 33.1 Å². The molecule has 1 N–H and O–H groups in total. The molecule has 5 heteroatoms. The maximum absolute atomic E-state index is 12.3. The van der Waals surface area contributed by atoms with Gasteiger partial charge in [-0.1, -0.05) is 12.1 Å². The van der Waals surface area contributed by atoms with Gasteiger partial charge in [0, 0.05) is 11.8 Å². The lowest BCUT2D eigenvalue weighted by Gasteiger charge is -2.07. The number of nitrogens with zero attached hydrogens (tertiary/aromatic N) is 1. The van der Waals surface area contributed by atoms with Crippen LogP contribution in [0.2, 0.25) is 0 Å². The van der Waals surface area contributed by atoms with Gasteiger partial charge in [-0.05, 0) is 36.2 Å². The first kappa shape index (κ1) is 12.4. The molecule has 0 aliphatic rings. The fourth-order valence-electron chi connectivity index (χ4n) is 1.57. The maximum Gasteiger partial charge on any atom is 0.433 e. The molecule has 0 saturated carbocycles. The molecule has 0 radical (unpaired) electrons. The Hall–Kier alpha value is -2.04. The van der Waals surface area contributed by atoms with Crippen LogP contribution in [0.3, 0.4) is 0 Å². The number of hydrogen-bond donors (Lipinski definition) is 1. The molecule has 94 valence electrons. The monoisotopic (exact) mass is 253 g/mol. The number of pyridine rings is 1. The standard InChI is InChI=1S/C13H10F3NO/c1-8-6-9(2-4-11(8)18)10-3-5-12(17-7-10)13(14,15)16/h2-7,18H,1H3. The second-order valence-corrected chi connectivity index (χ2v) is 3.93. The number of phenolic OH excluding ortho intramolecular Hbond substituents is 1. The third-order valence-corrected chi connectivity index (χ3v) is 2.58. The molecule has 0 fully saturated rings. The van der Waals surface area contributed by atoms with Crippen molar-refractivity contribution >= 4 is 0 Å². The molecule has 0 spiro atoms. The van der Waals surface area contributed by atoms with E-state index in [1.54, 1.807) is 19.1 Å². The predicted molar refractivity (Wildman–Crippen MR) is 61.1 cm³/mol. The van der Waals surface area contributed by atoms with Crippen molar-refractivity contribution < 1.29 is 18.3 Å². The van der Waals surface area contributed by atoms with E-state index in [9.17, 15) is 18.3 Å². The van der Waals surface area contributed by atoms with Gasteiger partial charge in [0.2, 0.25) is 0 Å². The van der Waals surface area contributed by atoms with Gasteiger partial charge in [0.15, 0.2) is 0 Å².